The first kappa shape index (κ1) is 19.1. The maximum absolute atomic E-state index is 13.6. The molecule has 0 aromatic heterocycles. The van der Waals surface area contributed by atoms with Gasteiger partial charge in [0.1, 0.15) is 6.04 Å². The number of carbonyl (C=O) groups excluding carboxylic acids is 3. The first-order valence-corrected chi connectivity index (χ1v) is 9.86. The number of Topliss-reactive ketones (excluding diaryl/α,β-unsaturated/α-hetero) is 1. The number of aryl methyl sites for hydroxylation is 1. The standard InChI is InChI=1S/C22H18N4O5/c1-11-7-8-14(26(30)31)9-16(11)24-21(28)17-18(22(24)29)20-15-6-4-3-5-13(15)10-23-25(20)19(17)12(2)27/h3-10,17-20H,1-2H3/t17-,18+,19-,20+/m1/s1. The highest BCUT2D eigenvalue weighted by Crippen LogP contribution is 2.53. The van der Waals surface area contributed by atoms with Crippen molar-refractivity contribution in [3.8, 4) is 0 Å². The maximum Gasteiger partial charge on any atom is 0.271 e. The minimum atomic E-state index is -0.906. The van der Waals surface area contributed by atoms with Crippen LogP contribution >= 0.6 is 0 Å². The second-order valence-electron chi connectivity index (χ2n) is 8.05. The summed E-state index contributed by atoms with van der Waals surface area (Å²) in [6, 6.07) is 10.1. The Balaban J connectivity index is 1.66. The molecule has 2 aromatic rings. The molecule has 4 atom stereocenters. The number of benzene rings is 2. The molecule has 31 heavy (non-hydrogen) atoms. The molecular formula is C22H18N4O5. The van der Waals surface area contributed by atoms with Gasteiger partial charge >= 0.3 is 0 Å². The van der Waals surface area contributed by atoms with Crippen LogP contribution in [0.3, 0.4) is 0 Å². The lowest BCUT2D eigenvalue weighted by Gasteiger charge is -2.33. The summed E-state index contributed by atoms with van der Waals surface area (Å²) in [5, 5.41) is 17.2. The van der Waals surface area contributed by atoms with Gasteiger partial charge in [-0.25, -0.2) is 4.90 Å². The van der Waals surface area contributed by atoms with E-state index in [9.17, 15) is 24.5 Å². The van der Waals surface area contributed by atoms with Crippen LogP contribution in [0.5, 0.6) is 0 Å². The number of hydrogen-bond donors (Lipinski definition) is 0. The highest BCUT2D eigenvalue weighted by molar-refractivity contribution is 6.24. The third-order valence-corrected chi connectivity index (χ3v) is 6.35. The van der Waals surface area contributed by atoms with Gasteiger partial charge < -0.3 is 0 Å². The van der Waals surface area contributed by atoms with E-state index in [1.807, 2.05) is 24.3 Å². The molecule has 156 valence electrons. The van der Waals surface area contributed by atoms with Crippen molar-refractivity contribution in [2.24, 2.45) is 16.9 Å². The number of fused-ring (bicyclic) bond motifs is 5. The molecule has 9 nitrogen and oxygen atoms in total. The molecule has 0 aliphatic carbocycles. The zero-order valence-corrected chi connectivity index (χ0v) is 16.8. The third kappa shape index (κ3) is 2.56. The van der Waals surface area contributed by atoms with Crippen LogP contribution in [0.15, 0.2) is 47.6 Å². The quantitative estimate of drug-likeness (QED) is 0.430. The third-order valence-electron chi connectivity index (χ3n) is 6.35. The van der Waals surface area contributed by atoms with Crippen molar-refractivity contribution >= 4 is 35.2 Å². The highest BCUT2D eigenvalue weighted by Gasteiger charge is 2.64. The molecule has 3 aliphatic rings. The van der Waals surface area contributed by atoms with Crippen LogP contribution in [-0.2, 0) is 14.4 Å². The van der Waals surface area contributed by atoms with Crippen LogP contribution in [0.4, 0.5) is 11.4 Å². The summed E-state index contributed by atoms with van der Waals surface area (Å²) < 4.78 is 0. The highest BCUT2D eigenvalue weighted by atomic mass is 16.6. The second kappa shape index (κ2) is 6.56. The van der Waals surface area contributed by atoms with Gasteiger partial charge in [-0.2, -0.15) is 5.10 Å². The van der Waals surface area contributed by atoms with E-state index < -0.39 is 40.7 Å². The lowest BCUT2D eigenvalue weighted by atomic mass is 9.84. The number of hydrogen-bond acceptors (Lipinski definition) is 7. The lowest BCUT2D eigenvalue weighted by Crippen LogP contribution is -2.44. The van der Waals surface area contributed by atoms with E-state index in [0.717, 1.165) is 16.0 Å². The summed E-state index contributed by atoms with van der Waals surface area (Å²) in [5.74, 6) is -2.96. The van der Waals surface area contributed by atoms with Gasteiger partial charge in [0.2, 0.25) is 11.8 Å². The van der Waals surface area contributed by atoms with E-state index in [1.54, 1.807) is 18.1 Å². The Labute approximate surface area is 177 Å². The summed E-state index contributed by atoms with van der Waals surface area (Å²) in [7, 11) is 0. The van der Waals surface area contributed by atoms with E-state index in [0.29, 0.717) is 5.56 Å². The summed E-state index contributed by atoms with van der Waals surface area (Å²) in [6.45, 7) is 3.07. The van der Waals surface area contributed by atoms with Gasteiger partial charge in [-0.15, -0.1) is 0 Å². The van der Waals surface area contributed by atoms with Gasteiger partial charge in [-0.3, -0.25) is 29.5 Å². The number of nitro groups is 1. The number of nitrogens with zero attached hydrogens (tertiary/aromatic N) is 4. The number of anilines is 1. The summed E-state index contributed by atoms with van der Waals surface area (Å²) in [6.07, 6.45) is 1.64. The lowest BCUT2D eigenvalue weighted by molar-refractivity contribution is -0.384. The van der Waals surface area contributed by atoms with Crippen molar-refractivity contribution in [1.29, 1.82) is 0 Å². The number of imide groups is 1. The molecule has 5 rings (SSSR count). The molecule has 2 fully saturated rings. The van der Waals surface area contributed by atoms with Gasteiger partial charge in [0, 0.05) is 12.1 Å². The van der Waals surface area contributed by atoms with Crippen LogP contribution in [0.1, 0.15) is 29.7 Å². The van der Waals surface area contributed by atoms with Gasteiger partial charge in [0.25, 0.3) is 5.69 Å². The van der Waals surface area contributed by atoms with Crippen molar-refractivity contribution in [3.63, 3.8) is 0 Å². The van der Waals surface area contributed by atoms with Crippen molar-refractivity contribution in [1.82, 2.24) is 5.01 Å². The normalized spacial score (nSPS) is 26.0. The molecule has 0 bridgehead atoms. The Morgan fingerprint density at radius 1 is 1.10 bits per heavy atom. The molecule has 0 unspecified atom stereocenters. The fraction of sp³-hybridized carbons (Fsp3) is 0.273. The van der Waals surface area contributed by atoms with E-state index >= 15 is 0 Å². The number of ketones is 1. The predicted octanol–water partition coefficient (Wildman–Crippen LogP) is 2.37. The molecular weight excluding hydrogens is 400 g/mol. The Kier molecular flexibility index (Phi) is 4.04. The number of nitro benzene ring substituents is 1. The number of amides is 2. The molecule has 2 aromatic carbocycles. The molecule has 0 spiro atoms. The fourth-order valence-electron chi connectivity index (χ4n) is 5.01. The van der Waals surface area contributed by atoms with Crippen LogP contribution in [0, 0.1) is 28.9 Å². The van der Waals surface area contributed by atoms with E-state index in [2.05, 4.69) is 5.10 Å². The molecule has 0 saturated carbocycles. The molecule has 2 saturated heterocycles. The monoisotopic (exact) mass is 418 g/mol. The first-order valence-electron chi connectivity index (χ1n) is 9.86. The van der Waals surface area contributed by atoms with Crippen LogP contribution < -0.4 is 4.90 Å². The van der Waals surface area contributed by atoms with E-state index in [4.69, 9.17) is 0 Å². The van der Waals surface area contributed by atoms with Gasteiger partial charge in [0.15, 0.2) is 5.78 Å². The Morgan fingerprint density at radius 2 is 1.81 bits per heavy atom. The number of rotatable bonds is 3. The van der Waals surface area contributed by atoms with E-state index in [1.165, 1.54) is 25.1 Å². The zero-order valence-electron chi connectivity index (χ0n) is 16.8. The van der Waals surface area contributed by atoms with Gasteiger partial charge in [-0.1, -0.05) is 30.3 Å². The Morgan fingerprint density at radius 3 is 2.52 bits per heavy atom. The van der Waals surface area contributed by atoms with Crippen LogP contribution in [0.25, 0.3) is 0 Å². The first-order chi connectivity index (χ1) is 14.8. The molecule has 0 N–H and O–H groups in total. The minimum Gasteiger partial charge on any atom is -0.298 e. The number of carbonyl (C=O) groups is 3. The molecule has 2 amide bonds. The maximum atomic E-state index is 13.6. The Hall–Kier alpha value is -3.88. The predicted molar refractivity (Wildman–Crippen MR) is 110 cm³/mol. The molecule has 3 aliphatic heterocycles. The average Bonchev–Trinajstić information content (AvgIpc) is 3.21. The van der Waals surface area contributed by atoms with Crippen LogP contribution in [-0.4, -0.2) is 39.8 Å². The van der Waals surface area contributed by atoms with Crippen molar-refractivity contribution < 1.29 is 19.3 Å². The second-order valence-corrected chi connectivity index (χ2v) is 8.05. The SMILES string of the molecule is CC(=O)[C@@H]1[C@@H]2C(=O)N(c3cc([N+](=O)[O-])ccc3C)C(=O)[C@@H]2[C@@H]2c3ccccc3C=NN12. The minimum absolute atomic E-state index is 0.181. The summed E-state index contributed by atoms with van der Waals surface area (Å²) >= 11 is 0. The zero-order chi connectivity index (χ0) is 22.0. The molecule has 0 radical (unpaired) electrons. The summed E-state index contributed by atoms with van der Waals surface area (Å²) in [5.41, 5.74) is 2.19. The number of hydrazone groups is 1. The van der Waals surface area contributed by atoms with Crippen molar-refractivity contribution in [2.75, 3.05) is 4.90 Å². The smallest absolute Gasteiger partial charge is 0.271 e. The topological polar surface area (TPSA) is 113 Å². The number of non-ortho nitro benzene ring substituents is 1. The largest absolute Gasteiger partial charge is 0.298 e. The van der Waals surface area contributed by atoms with Gasteiger partial charge in [0.05, 0.1) is 34.7 Å². The van der Waals surface area contributed by atoms with Crippen molar-refractivity contribution in [3.05, 3.63) is 69.3 Å². The van der Waals surface area contributed by atoms with Gasteiger partial charge in [-0.05, 0) is 30.5 Å². The average molecular weight is 418 g/mol. The summed E-state index contributed by atoms with van der Waals surface area (Å²) in [4.78, 5) is 51.4. The molecule has 3 heterocycles. The molecule has 9 heteroatoms. The fourth-order valence-corrected chi connectivity index (χ4v) is 5.01. The Bertz CT molecular complexity index is 1210. The van der Waals surface area contributed by atoms with Crippen molar-refractivity contribution in [2.45, 2.75) is 25.9 Å². The van der Waals surface area contributed by atoms with E-state index in [-0.39, 0.29) is 17.2 Å². The van der Waals surface area contributed by atoms with Crippen LogP contribution in [0.2, 0.25) is 0 Å².